The number of para-hydroxylation sites is 1. The van der Waals surface area contributed by atoms with E-state index in [-0.39, 0.29) is 11.8 Å². The number of benzene rings is 2. The van der Waals surface area contributed by atoms with Gasteiger partial charge in [0.2, 0.25) is 17.6 Å². The molecular weight excluding hydrogens is 400 g/mol. The van der Waals surface area contributed by atoms with Gasteiger partial charge < -0.3 is 9.84 Å². The van der Waals surface area contributed by atoms with Crippen molar-refractivity contribution in [2.75, 3.05) is 18.4 Å². The van der Waals surface area contributed by atoms with Crippen LogP contribution in [0, 0.1) is 5.92 Å². The van der Waals surface area contributed by atoms with Gasteiger partial charge in [-0.3, -0.25) is 9.69 Å². The Labute approximate surface area is 181 Å². The molecule has 4 rings (SSSR count). The number of nitrogens with zero attached hydrogens (tertiary/aromatic N) is 3. The number of rotatable bonds is 6. The van der Waals surface area contributed by atoms with Gasteiger partial charge in [0.1, 0.15) is 0 Å². The molecule has 6 nitrogen and oxygen atoms in total. The van der Waals surface area contributed by atoms with E-state index in [1.54, 1.807) is 0 Å². The molecule has 3 aromatic rings. The average molecular weight is 425 g/mol. The van der Waals surface area contributed by atoms with Crippen LogP contribution in [0.4, 0.5) is 5.69 Å². The second-order valence-corrected chi connectivity index (χ2v) is 8.01. The third-order valence-electron chi connectivity index (χ3n) is 5.52. The summed E-state index contributed by atoms with van der Waals surface area (Å²) in [5, 5.41) is 7.82. The van der Waals surface area contributed by atoms with E-state index in [1.165, 1.54) is 0 Å². The van der Waals surface area contributed by atoms with Crippen LogP contribution < -0.4 is 5.32 Å². The molecule has 1 fully saturated rings. The minimum atomic E-state index is 0.0240. The van der Waals surface area contributed by atoms with Gasteiger partial charge in [-0.25, -0.2) is 0 Å². The van der Waals surface area contributed by atoms with Crippen LogP contribution in [-0.4, -0.2) is 34.0 Å². The zero-order valence-corrected chi connectivity index (χ0v) is 17.7. The molecule has 1 amide bonds. The van der Waals surface area contributed by atoms with E-state index in [1.807, 2.05) is 42.5 Å². The number of carbonyl (C=O) groups excluding carboxylic acids is 1. The number of amides is 1. The Morgan fingerprint density at radius 1 is 1.20 bits per heavy atom. The highest BCUT2D eigenvalue weighted by atomic mass is 35.5. The zero-order chi connectivity index (χ0) is 20.9. The van der Waals surface area contributed by atoms with Crippen LogP contribution in [0.25, 0.3) is 11.4 Å². The topological polar surface area (TPSA) is 71.3 Å². The van der Waals surface area contributed by atoms with Crippen molar-refractivity contribution in [2.24, 2.45) is 5.92 Å². The molecule has 1 saturated heterocycles. The standard InChI is InChI=1S/C23H25ClN4O2/c1-2-16-6-3-4-9-20(16)25-23(29)17-10-12-28(13-11-17)15-21-26-22(27-30-21)18-7-5-8-19(24)14-18/h3-9,14,17H,2,10-13,15H2,1H3,(H,25,29). The highest BCUT2D eigenvalue weighted by molar-refractivity contribution is 6.30. The highest BCUT2D eigenvalue weighted by Crippen LogP contribution is 2.24. The number of nitrogens with one attached hydrogen (secondary N) is 1. The van der Waals surface area contributed by atoms with Gasteiger partial charge in [0.25, 0.3) is 0 Å². The SMILES string of the molecule is CCc1ccccc1NC(=O)C1CCN(Cc2nc(-c3cccc(Cl)c3)no2)CC1. The first-order chi connectivity index (χ1) is 14.6. The molecule has 0 radical (unpaired) electrons. The maximum Gasteiger partial charge on any atom is 0.241 e. The smallest absolute Gasteiger partial charge is 0.241 e. The van der Waals surface area contributed by atoms with E-state index in [2.05, 4.69) is 33.3 Å². The van der Waals surface area contributed by atoms with Gasteiger partial charge >= 0.3 is 0 Å². The molecule has 0 atom stereocenters. The number of hydrogen-bond acceptors (Lipinski definition) is 5. The van der Waals surface area contributed by atoms with Crippen molar-refractivity contribution in [3.8, 4) is 11.4 Å². The molecule has 1 aliphatic heterocycles. The third-order valence-corrected chi connectivity index (χ3v) is 5.76. The normalized spacial score (nSPS) is 15.3. The van der Waals surface area contributed by atoms with Crippen molar-refractivity contribution >= 4 is 23.2 Å². The Kier molecular flexibility index (Phi) is 6.45. The summed E-state index contributed by atoms with van der Waals surface area (Å²) >= 11 is 6.04. The molecular formula is C23H25ClN4O2. The van der Waals surface area contributed by atoms with Crippen LogP contribution in [0.1, 0.15) is 31.2 Å². The van der Waals surface area contributed by atoms with E-state index >= 15 is 0 Å². The van der Waals surface area contributed by atoms with Crippen LogP contribution in [0.2, 0.25) is 5.02 Å². The Morgan fingerprint density at radius 3 is 2.77 bits per heavy atom. The van der Waals surface area contributed by atoms with Gasteiger partial charge in [0.05, 0.1) is 6.54 Å². The van der Waals surface area contributed by atoms with Crippen LogP contribution in [-0.2, 0) is 17.8 Å². The summed E-state index contributed by atoms with van der Waals surface area (Å²) in [7, 11) is 0. The van der Waals surface area contributed by atoms with Crippen LogP contribution in [0.3, 0.4) is 0 Å². The van der Waals surface area contributed by atoms with Crippen molar-refractivity contribution in [3.05, 3.63) is 65.0 Å². The maximum atomic E-state index is 12.7. The van der Waals surface area contributed by atoms with Gasteiger partial charge in [-0.05, 0) is 56.1 Å². The Hall–Kier alpha value is -2.70. The first kappa shape index (κ1) is 20.6. The van der Waals surface area contributed by atoms with Crippen molar-refractivity contribution in [2.45, 2.75) is 32.7 Å². The Morgan fingerprint density at radius 2 is 2.00 bits per heavy atom. The van der Waals surface area contributed by atoms with Gasteiger partial charge in [0, 0.05) is 22.2 Å². The third kappa shape index (κ3) is 4.89. The van der Waals surface area contributed by atoms with Crippen molar-refractivity contribution in [3.63, 3.8) is 0 Å². The van der Waals surface area contributed by atoms with Crippen LogP contribution in [0.15, 0.2) is 53.1 Å². The predicted molar refractivity (Wildman–Crippen MR) is 117 cm³/mol. The molecule has 0 saturated carbocycles. The number of carbonyl (C=O) groups is 1. The molecule has 0 bridgehead atoms. The van der Waals surface area contributed by atoms with Crippen LogP contribution in [0.5, 0.6) is 0 Å². The van der Waals surface area contributed by atoms with Gasteiger partial charge in [-0.2, -0.15) is 4.98 Å². The van der Waals surface area contributed by atoms with Gasteiger partial charge in [-0.1, -0.05) is 54.0 Å². The minimum Gasteiger partial charge on any atom is -0.338 e. The van der Waals surface area contributed by atoms with Crippen molar-refractivity contribution < 1.29 is 9.32 Å². The second kappa shape index (κ2) is 9.41. The molecule has 30 heavy (non-hydrogen) atoms. The summed E-state index contributed by atoms with van der Waals surface area (Å²) in [5.41, 5.74) is 2.92. The summed E-state index contributed by atoms with van der Waals surface area (Å²) in [5.74, 6) is 1.24. The largest absolute Gasteiger partial charge is 0.338 e. The number of aryl methyl sites for hydroxylation is 1. The van der Waals surface area contributed by atoms with Crippen LogP contribution >= 0.6 is 11.6 Å². The number of hydrogen-bond donors (Lipinski definition) is 1. The number of aromatic nitrogens is 2. The van der Waals surface area contributed by atoms with Gasteiger partial charge in [-0.15, -0.1) is 0 Å². The predicted octanol–water partition coefficient (Wildman–Crippen LogP) is 4.80. The van der Waals surface area contributed by atoms with E-state index < -0.39 is 0 Å². The molecule has 1 N–H and O–H groups in total. The minimum absolute atomic E-state index is 0.0240. The summed E-state index contributed by atoms with van der Waals surface area (Å²) in [6.07, 6.45) is 2.53. The fourth-order valence-corrected chi connectivity index (χ4v) is 3.98. The summed E-state index contributed by atoms with van der Waals surface area (Å²) in [4.78, 5) is 19.4. The molecule has 1 aromatic heterocycles. The molecule has 1 aliphatic rings. The molecule has 2 aromatic carbocycles. The molecule has 156 valence electrons. The highest BCUT2D eigenvalue weighted by Gasteiger charge is 2.26. The first-order valence-corrected chi connectivity index (χ1v) is 10.7. The van der Waals surface area contributed by atoms with E-state index in [4.69, 9.17) is 16.1 Å². The molecule has 2 heterocycles. The molecule has 0 unspecified atom stereocenters. The maximum absolute atomic E-state index is 12.7. The van der Waals surface area contributed by atoms with E-state index in [0.29, 0.717) is 23.3 Å². The van der Waals surface area contributed by atoms with E-state index in [9.17, 15) is 4.79 Å². The fourth-order valence-electron chi connectivity index (χ4n) is 3.79. The summed E-state index contributed by atoms with van der Waals surface area (Å²) < 4.78 is 5.42. The number of halogens is 1. The lowest BCUT2D eigenvalue weighted by Gasteiger charge is -2.30. The molecule has 7 heteroatoms. The van der Waals surface area contributed by atoms with E-state index in [0.717, 1.165) is 49.2 Å². The number of likely N-dealkylation sites (tertiary alicyclic amines) is 1. The van der Waals surface area contributed by atoms with Gasteiger partial charge in [0.15, 0.2) is 0 Å². The first-order valence-electron chi connectivity index (χ1n) is 10.3. The number of piperidine rings is 1. The second-order valence-electron chi connectivity index (χ2n) is 7.57. The summed E-state index contributed by atoms with van der Waals surface area (Å²) in [6.45, 7) is 4.32. The monoisotopic (exact) mass is 424 g/mol. The van der Waals surface area contributed by atoms with Crippen molar-refractivity contribution in [1.29, 1.82) is 0 Å². The Bertz CT molecular complexity index is 1010. The fraction of sp³-hybridized carbons (Fsp3) is 0.348. The summed E-state index contributed by atoms with van der Waals surface area (Å²) in [6, 6.07) is 15.4. The number of anilines is 1. The molecule has 0 spiro atoms. The lowest BCUT2D eigenvalue weighted by Crippen LogP contribution is -2.37. The lowest BCUT2D eigenvalue weighted by atomic mass is 9.95. The Balaban J connectivity index is 1.30. The molecule has 0 aliphatic carbocycles. The lowest BCUT2D eigenvalue weighted by molar-refractivity contribution is -0.121. The quantitative estimate of drug-likeness (QED) is 0.615. The zero-order valence-electron chi connectivity index (χ0n) is 17.0. The van der Waals surface area contributed by atoms with Crippen molar-refractivity contribution in [1.82, 2.24) is 15.0 Å². The average Bonchev–Trinajstić information content (AvgIpc) is 3.23.